The van der Waals surface area contributed by atoms with Gasteiger partial charge in [0, 0.05) is 12.1 Å². The Bertz CT molecular complexity index is 461. The number of hydrogen-bond donors (Lipinski definition) is 1. The first-order chi connectivity index (χ1) is 9.41. The van der Waals surface area contributed by atoms with Crippen LogP contribution in [0.5, 0.6) is 5.75 Å². The number of benzene rings is 1. The molecule has 6 heteroatoms. The first-order valence-electron chi connectivity index (χ1n) is 6.58. The maximum absolute atomic E-state index is 13.7. The second kappa shape index (κ2) is 5.89. The van der Waals surface area contributed by atoms with Crippen molar-refractivity contribution < 1.29 is 22.3 Å². The average Bonchev–Trinajstić information content (AvgIpc) is 2.41. The molecule has 0 aliphatic heterocycles. The third-order valence-corrected chi connectivity index (χ3v) is 3.70. The van der Waals surface area contributed by atoms with Crippen molar-refractivity contribution in [2.45, 2.75) is 37.9 Å². The van der Waals surface area contributed by atoms with Crippen LogP contribution in [0, 0.1) is 11.7 Å². The predicted octanol–water partition coefficient (Wildman–Crippen LogP) is 4.37. The minimum atomic E-state index is -4.26. The molecule has 2 rings (SSSR count). The molecular formula is C14H17F4NO. The van der Waals surface area contributed by atoms with Gasteiger partial charge in [0.15, 0.2) is 0 Å². The highest BCUT2D eigenvalue weighted by Crippen LogP contribution is 2.39. The Balaban J connectivity index is 2.18. The number of ether oxygens (including phenoxy) is 1. The fourth-order valence-corrected chi connectivity index (χ4v) is 2.64. The van der Waals surface area contributed by atoms with E-state index in [2.05, 4.69) is 5.32 Å². The SMILES string of the molecule is COc1ccc(F)c(NC2CCCCC2C(F)(F)F)c1. The summed E-state index contributed by atoms with van der Waals surface area (Å²) in [6.07, 6.45) is -2.50. The number of anilines is 1. The van der Waals surface area contributed by atoms with Crippen LogP contribution in [-0.2, 0) is 0 Å². The molecule has 1 aliphatic carbocycles. The van der Waals surface area contributed by atoms with E-state index >= 15 is 0 Å². The van der Waals surface area contributed by atoms with Crippen molar-refractivity contribution in [1.29, 1.82) is 0 Å². The minimum absolute atomic E-state index is 0.0606. The number of rotatable bonds is 3. The van der Waals surface area contributed by atoms with E-state index in [0.717, 1.165) is 6.42 Å². The molecule has 0 aromatic heterocycles. The van der Waals surface area contributed by atoms with E-state index in [1.54, 1.807) is 0 Å². The summed E-state index contributed by atoms with van der Waals surface area (Å²) in [7, 11) is 1.43. The zero-order valence-corrected chi connectivity index (χ0v) is 11.1. The summed E-state index contributed by atoms with van der Waals surface area (Å²) in [5.74, 6) is -1.59. The van der Waals surface area contributed by atoms with Gasteiger partial charge in [-0.2, -0.15) is 13.2 Å². The van der Waals surface area contributed by atoms with Crippen LogP contribution in [0.25, 0.3) is 0 Å². The Hall–Kier alpha value is -1.46. The number of nitrogens with one attached hydrogen (secondary N) is 1. The number of halogens is 4. The van der Waals surface area contributed by atoms with Gasteiger partial charge in [-0.15, -0.1) is 0 Å². The molecule has 0 spiro atoms. The second-order valence-corrected chi connectivity index (χ2v) is 5.03. The number of hydrogen-bond acceptors (Lipinski definition) is 2. The van der Waals surface area contributed by atoms with Gasteiger partial charge in [-0.3, -0.25) is 0 Å². The smallest absolute Gasteiger partial charge is 0.393 e. The van der Waals surface area contributed by atoms with Crippen LogP contribution in [0.2, 0.25) is 0 Å². The summed E-state index contributed by atoms with van der Waals surface area (Å²) < 4.78 is 57.6. The van der Waals surface area contributed by atoms with E-state index in [4.69, 9.17) is 4.74 Å². The summed E-state index contributed by atoms with van der Waals surface area (Å²) >= 11 is 0. The van der Waals surface area contributed by atoms with Crippen LogP contribution in [0.3, 0.4) is 0 Å². The third kappa shape index (κ3) is 3.35. The van der Waals surface area contributed by atoms with Crippen LogP contribution in [0.4, 0.5) is 23.2 Å². The van der Waals surface area contributed by atoms with Gasteiger partial charge in [0.05, 0.1) is 18.7 Å². The van der Waals surface area contributed by atoms with Crippen molar-refractivity contribution in [3.05, 3.63) is 24.0 Å². The molecule has 0 heterocycles. The Morgan fingerprint density at radius 2 is 1.90 bits per heavy atom. The molecule has 2 nitrogen and oxygen atoms in total. The van der Waals surface area contributed by atoms with Crippen LogP contribution < -0.4 is 10.1 Å². The fraction of sp³-hybridized carbons (Fsp3) is 0.571. The molecular weight excluding hydrogens is 274 g/mol. The molecule has 0 bridgehead atoms. The number of methoxy groups -OCH3 is 1. The van der Waals surface area contributed by atoms with E-state index in [9.17, 15) is 17.6 Å². The van der Waals surface area contributed by atoms with E-state index in [1.165, 1.54) is 25.3 Å². The van der Waals surface area contributed by atoms with E-state index < -0.39 is 24.0 Å². The van der Waals surface area contributed by atoms with E-state index in [0.29, 0.717) is 18.6 Å². The first kappa shape index (κ1) is 14.9. The normalized spacial score (nSPS) is 23.4. The van der Waals surface area contributed by atoms with Gasteiger partial charge in [0.2, 0.25) is 0 Å². The molecule has 0 saturated heterocycles. The largest absolute Gasteiger partial charge is 0.497 e. The second-order valence-electron chi connectivity index (χ2n) is 5.03. The molecule has 20 heavy (non-hydrogen) atoms. The summed E-state index contributed by atoms with van der Waals surface area (Å²) in [5.41, 5.74) is 0.0606. The minimum Gasteiger partial charge on any atom is -0.497 e. The lowest BCUT2D eigenvalue weighted by atomic mass is 9.84. The lowest BCUT2D eigenvalue weighted by Crippen LogP contribution is -2.41. The Morgan fingerprint density at radius 1 is 1.20 bits per heavy atom. The highest BCUT2D eigenvalue weighted by Gasteiger charge is 2.45. The predicted molar refractivity (Wildman–Crippen MR) is 68.4 cm³/mol. The van der Waals surface area contributed by atoms with Crippen molar-refractivity contribution in [2.75, 3.05) is 12.4 Å². The Labute approximate surface area is 115 Å². The maximum Gasteiger partial charge on any atom is 0.393 e. The third-order valence-electron chi connectivity index (χ3n) is 3.70. The summed E-state index contributed by atoms with van der Waals surface area (Å²) in [5, 5.41) is 2.71. The molecule has 1 saturated carbocycles. The van der Waals surface area contributed by atoms with Crippen molar-refractivity contribution in [3.63, 3.8) is 0 Å². The van der Waals surface area contributed by atoms with E-state index in [1.807, 2.05) is 0 Å². The number of alkyl halides is 3. The van der Waals surface area contributed by atoms with Crippen LogP contribution in [0.1, 0.15) is 25.7 Å². The summed E-state index contributed by atoms with van der Waals surface area (Å²) in [6, 6.07) is 3.22. The van der Waals surface area contributed by atoms with Gasteiger partial charge in [-0.1, -0.05) is 12.8 Å². The van der Waals surface area contributed by atoms with Gasteiger partial charge < -0.3 is 10.1 Å². The molecule has 2 atom stereocenters. The highest BCUT2D eigenvalue weighted by atomic mass is 19.4. The van der Waals surface area contributed by atoms with Crippen molar-refractivity contribution in [2.24, 2.45) is 5.92 Å². The molecule has 112 valence electrons. The maximum atomic E-state index is 13.7. The molecule has 1 aromatic rings. The van der Waals surface area contributed by atoms with Gasteiger partial charge >= 0.3 is 6.18 Å². The molecule has 1 aliphatic rings. The van der Waals surface area contributed by atoms with Gasteiger partial charge in [0.25, 0.3) is 0 Å². The van der Waals surface area contributed by atoms with Crippen LogP contribution in [-0.4, -0.2) is 19.3 Å². The monoisotopic (exact) mass is 291 g/mol. The standard InChI is InChI=1S/C14H17F4NO/c1-20-9-6-7-11(15)13(8-9)19-12-5-3-2-4-10(12)14(16,17)18/h6-8,10,12,19H,2-5H2,1H3. The van der Waals surface area contributed by atoms with Crippen molar-refractivity contribution >= 4 is 5.69 Å². The zero-order valence-electron chi connectivity index (χ0n) is 11.1. The zero-order chi connectivity index (χ0) is 14.8. The Kier molecular flexibility index (Phi) is 4.40. The highest BCUT2D eigenvalue weighted by molar-refractivity contribution is 5.50. The molecule has 1 aromatic carbocycles. The average molecular weight is 291 g/mol. The lowest BCUT2D eigenvalue weighted by Gasteiger charge is -2.34. The van der Waals surface area contributed by atoms with Gasteiger partial charge in [-0.25, -0.2) is 4.39 Å². The molecule has 0 radical (unpaired) electrons. The molecule has 0 amide bonds. The van der Waals surface area contributed by atoms with E-state index in [-0.39, 0.29) is 12.1 Å². The van der Waals surface area contributed by atoms with Crippen molar-refractivity contribution in [3.8, 4) is 5.75 Å². The van der Waals surface area contributed by atoms with Gasteiger partial charge in [0.1, 0.15) is 11.6 Å². The van der Waals surface area contributed by atoms with Crippen LogP contribution in [0.15, 0.2) is 18.2 Å². The van der Waals surface area contributed by atoms with Crippen LogP contribution >= 0.6 is 0 Å². The topological polar surface area (TPSA) is 21.3 Å². The first-order valence-corrected chi connectivity index (χ1v) is 6.58. The van der Waals surface area contributed by atoms with Gasteiger partial charge in [-0.05, 0) is 25.0 Å². The summed E-state index contributed by atoms with van der Waals surface area (Å²) in [4.78, 5) is 0. The molecule has 1 fully saturated rings. The Morgan fingerprint density at radius 3 is 2.55 bits per heavy atom. The summed E-state index contributed by atoms with van der Waals surface area (Å²) in [6.45, 7) is 0. The molecule has 1 N–H and O–H groups in total. The molecule has 2 unspecified atom stereocenters. The quantitative estimate of drug-likeness (QED) is 0.835. The lowest BCUT2D eigenvalue weighted by molar-refractivity contribution is -0.184. The fourth-order valence-electron chi connectivity index (χ4n) is 2.64. The van der Waals surface area contributed by atoms with Crippen molar-refractivity contribution in [1.82, 2.24) is 0 Å².